The molecule has 0 amide bonds. The molecule has 1 N–H and O–H groups in total. The molecule has 1 unspecified atom stereocenters. The van der Waals surface area contributed by atoms with E-state index in [1.165, 1.54) is 13.8 Å². The molecular formula is C17H24ClFN4O3S2. The lowest BCUT2D eigenvalue weighted by Gasteiger charge is -2.36. The first-order chi connectivity index (χ1) is 12.7. The zero-order valence-corrected chi connectivity index (χ0v) is 18.8. The van der Waals surface area contributed by atoms with E-state index < -0.39 is 47.8 Å². The van der Waals surface area contributed by atoms with Crippen LogP contribution in [0.15, 0.2) is 6.20 Å². The number of nitrogens with zero attached hydrogens (tertiary/aromatic N) is 3. The van der Waals surface area contributed by atoms with Gasteiger partial charge in [0.05, 0.1) is 18.0 Å². The Labute approximate surface area is 173 Å². The van der Waals surface area contributed by atoms with E-state index in [0.717, 1.165) is 6.20 Å². The first kappa shape index (κ1) is 23.3. The predicted molar refractivity (Wildman–Crippen MR) is 106 cm³/mol. The number of rotatable bonds is 7. The third-order valence-corrected chi connectivity index (χ3v) is 9.42. The molecule has 1 fully saturated rings. The van der Waals surface area contributed by atoms with E-state index in [4.69, 9.17) is 11.6 Å². The van der Waals surface area contributed by atoms with Crippen LogP contribution in [0, 0.1) is 23.1 Å². The monoisotopic (exact) mass is 450 g/mol. The SMILES string of the molecule is CC(C)(C)[S@@+]([O-])N[C@@](C)(CS(=O)(=O)C(C)(C#N)C1CC1)c1nc(Cl)ncc1F. The smallest absolute Gasteiger partial charge is 0.222 e. The predicted octanol–water partition coefficient (Wildman–Crippen LogP) is 2.64. The van der Waals surface area contributed by atoms with Crippen LogP contribution in [0.2, 0.25) is 5.28 Å². The highest BCUT2D eigenvalue weighted by Gasteiger charge is 2.55. The highest BCUT2D eigenvalue weighted by Crippen LogP contribution is 2.45. The zero-order chi connectivity index (χ0) is 21.5. The van der Waals surface area contributed by atoms with Crippen molar-refractivity contribution in [2.45, 2.75) is 62.5 Å². The summed E-state index contributed by atoms with van der Waals surface area (Å²) in [5, 5.41) is 9.31. The summed E-state index contributed by atoms with van der Waals surface area (Å²) in [6.45, 7) is 7.85. The lowest BCUT2D eigenvalue weighted by Crippen LogP contribution is -2.56. The molecule has 1 heterocycles. The van der Waals surface area contributed by atoms with Gasteiger partial charge < -0.3 is 4.55 Å². The van der Waals surface area contributed by atoms with Crippen molar-refractivity contribution in [2.75, 3.05) is 5.75 Å². The second kappa shape index (κ2) is 7.69. The van der Waals surface area contributed by atoms with Crippen LogP contribution in [-0.4, -0.2) is 38.2 Å². The van der Waals surface area contributed by atoms with Crippen molar-refractivity contribution < 1.29 is 17.4 Å². The van der Waals surface area contributed by atoms with Crippen LogP contribution in [-0.2, 0) is 26.7 Å². The molecule has 2 rings (SSSR count). The fraction of sp³-hybridized carbons (Fsp3) is 0.706. The van der Waals surface area contributed by atoms with Crippen molar-refractivity contribution in [3.63, 3.8) is 0 Å². The Morgan fingerprint density at radius 1 is 1.39 bits per heavy atom. The molecule has 0 spiro atoms. The van der Waals surface area contributed by atoms with Gasteiger partial charge in [-0.2, -0.15) is 5.26 Å². The molecule has 1 aromatic rings. The van der Waals surface area contributed by atoms with Gasteiger partial charge in [-0.15, -0.1) is 4.72 Å². The minimum Gasteiger partial charge on any atom is -0.598 e. The van der Waals surface area contributed by atoms with Gasteiger partial charge in [0.15, 0.2) is 20.4 Å². The van der Waals surface area contributed by atoms with Crippen LogP contribution >= 0.6 is 11.6 Å². The van der Waals surface area contributed by atoms with Gasteiger partial charge >= 0.3 is 0 Å². The maximum Gasteiger partial charge on any atom is 0.222 e. The maximum absolute atomic E-state index is 14.6. The van der Waals surface area contributed by atoms with Gasteiger partial charge in [-0.05, 0) is 65.0 Å². The van der Waals surface area contributed by atoms with E-state index in [1.807, 2.05) is 6.07 Å². The van der Waals surface area contributed by atoms with Gasteiger partial charge in [-0.1, -0.05) is 0 Å². The third kappa shape index (κ3) is 4.60. The van der Waals surface area contributed by atoms with E-state index in [0.29, 0.717) is 12.8 Å². The normalized spacial score (nSPS) is 20.7. The largest absolute Gasteiger partial charge is 0.598 e. The van der Waals surface area contributed by atoms with Crippen LogP contribution in [0.5, 0.6) is 0 Å². The first-order valence-corrected chi connectivity index (χ1v) is 11.9. The van der Waals surface area contributed by atoms with Gasteiger partial charge in [0, 0.05) is 11.4 Å². The van der Waals surface area contributed by atoms with Gasteiger partial charge in [-0.3, -0.25) is 0 Å². The summed E-state index contributed by atoms with van der Waals surface area (Å²) in [6.07, 6.45) is 2.10. The Hall–Kier alpha value is -0.990. The molecule has 1 saturated carbocycles. The number of sulfone groups is 1. The molecule has 1 aromatic heterocycles. The Balaban J connectivity index is 2.56. The molecule has 7 nitrogen and oxygen atoms in total. The van der Waals surface area contributed by atoms with Crippen LogP contribution in [0.1, 0.15) is 53.2 Å². The van der Waals surface area contributed by atoms with Gasteiger partial charge in [0.1, 0.15) is 16.0 Å². The van der Waals surface area contributed by atoms with Crippen molar-refractivity contribution >= 4 is 32.8 Å². The number of nitriles is 1. The van der Waals surface area contributed by atoms with Crippen molar-refractivity contribution in [2.24, 2.45) is 5.92 Å². The highest BCUT2D eigenvalue weighted by molar-refractivity contribution is 7.93. The minimum atomic E-state index is -4.06. The lowest BCUT2D eigenvalue weighted by atomic mass is 10.0. The van der Waals surface area contributed by atoms with Crippen LogP contribution in [0.25, 0.3) is 0 Å². The van der Waals surface area contributed by atoms with Gasteiger partial charge in [0.2, 0.25) is 5.28 Å². The second-order valence-corrected chi connectivity index (χ2v) is 13.1. The number of aromatic nitrogens is 2. The number of hydrogen-bond acceptors (Lipinski definition) is 7. The average molecular weight is 451 g/mol. The Morgan fingerprint density at radius 3 is 2.43 bits per heavy atom. The summed E-state index contributed by atoms with van der Waals surface area (Å²) in [5.74, 6) is -1.84. The fourth-order valence-electron chi connectivity index (χ4n) is 2.82. The van der Waals surface area contributed by atoms with Crippen molar-refractivity contribution in [3.8, 4) is 6.07 Å². The molecule has 0 aromatic carbocycles. The number of hydrogen-bond donors (Lipinski definition) is 1. The summed E-state index contributed by atoms with van der Waals surface area (Å²) < 4.78 is 54.1. The molecule has 0 aliphatic heterocycles. The molecule has 0 radical (unpaired) electrons. The summed E-state index contributed by atoms with van der Waals surface area (Å²) in [5.41, 5.74) is -2.01. The highest BCUT2D eigenvalue weighted by atomic mass is 35.5. The van der Waals surface area contributed by atoms with Crippen molar-refractivity contribution in [1.29, 1.82) is 5.26 Å². The Bertz CT molecular complexity index is 899. The van der Waals surface area contributed by atoms with Crippen molar-refractivity contribution in [1.82, 2.24) is 14.7 Å². The fourth-order valence-corrected chi connectivity index (χ4v) is 6.08. The summed E-state index contributed by atoms with van der Waals surface area (Å²) >= 11 is 4.06. The van der Waals surface area contributed by atoms with E-state index >= 15 is 0 Å². The van der Waals surface area contributed by atoms with E-state index in [-0.39, 0.29) is 16.9 Å². The minimum absolute atomic E-state index is 0.270. The molecule has 28 heavy (non-hydrogen) atoms. The maximum atomic E-state index is 14.6. The van der Waals surface area contributed by atoms with Crippen LogP contribution in [0.3, 0.4) is 0 Å². The molecule has 1 aliphatic rings. The third-order valence-electron chi connectivity index (χ3n) is 4.81. The van der Waals surface area contributed by atoms with Crippen molar-refractivity contribution in [3.05, 3.63) is 23.0 Å². The van der Waals surface area contributed by atoms with E-state index in [9.17, 15) is 22.6 Å². The molecule has 3 atom stereocenters. The molecule has 1 aliphatic carbocycles. The molecule has 156 valence electrons. The molecule has 0 bridgehead atoms. The standard InChI is InChI=1S/C17H24ClFN4O3S2/c1-15(2,3)27(24)23-16(4,13-12(19)8-21-14(18)22-13)10-28(25,26)17(5,9-20)11-6-7-11/h8,11,23H,6-7,10H2,1-5H3/t16-,17?,27+/m0/s1. The van der Waals surface area contributed by atoms with E-state index in [1.54, 1.807) is 20.8 Å². The zero-order valence-electron chi connectivity index (χ0n) is 16.4. The Morgan fingerprint density at radius 2 is 1.96 bits per heavy atom. The van der Waals surface area contributed by atoms with Gasteiger partial charge in [0.25, 0.3) is 0 Å². The molecule has 0 saturated heterocycles. The van der Waals surface area contributed by atoms with Crippen LogP contribution in [0.4, 0.5) is 4.39 Å². The summed E-state index contributed by atoms with van der Waals surface area (Å²) in [7, 11) is -4.06. The average Bonchev–Trinajstić information content (AvgIpc) is 3.39. The topological polar surface area (TPSA) is 119 Å². The van der Waals surface area contributed by atoms with Gasteiger partial charge in [-0.25, -0.2) is 22.8 Å². The number of nitrogens with one attached hydrogen (secondary N) is 1. The molecule has 11 heteroatoms. The second-order valence-electron chi connectivity index (χ2n) is 8.40. The summed E-state index contributed by atoms with van der Waals surface area (Å²) in [4.78, 5) is 7.42. The lowest BCUT2D eigenvalue weighted by molar-refractivity contribution is 0.415. The van der Waals surface area contributed by atoms with Crippen LogP contribution < -0.4 is 4.72 Å². The van der Waals surface area contributed by atoms with E-state index in [2.05, 4.69) is 14.7 Å². The Kier molecular flexibility index (Phi) is 6.39. The first-order valence-electron chi connectivity index (χ1n) is 8.68. The number of halogens is 2. The quantitative estimate of drug-likeness (QED) is 0.500. The summed E-state index contributed by atoms with van der Waals surface area (Å²) in [6, 6.07) is 1.92. The molecular weight excluding hydrogens is 427 g/mol.